The van der Waals surface area contributed by atoms with Crippen LogP contribution in [0.15, 0.2) is 35.4 Å². The molecule has 0 aromatic carbocycles. The van der Waals surface area contributed by atoms with Crippen LogP contribution >= 0.6 is 0 Å². The first-order valence-electron chi connectivity index (χ1n) is 9.56. The summed E-state index contributed by atoms with van der Waals surface area (Å²) >= 11 is 0. The maximum atomic E-state index is 12.6. The third-order valence-corrected chi connectivity index (χ3v) is 4.80. The van der Waals surface area contributed by atoms with Gasteiger partial charge in [-0.15, -0.1) is 0 Å². The molecule has 1 fully saturated rings. The number of carbonyl (C=O) groups excluding carboxylic acids is 1. The first-order chi connectivity index (χ1) is 13.4. The summed E-state index contributed by atoms with van der Waals surface area (Å²) in [6.45, 7) is 7.71. The largest absolute Gasteiger partial charge is 0.337 e. The SMILES string of the molecule is CC(C)(C)c1noc(-c2ccc(-n3cnc(C(=O)N4CCCCC4)c3)nc2)n1. The third kappa shape index (κ3) is 3.67. The Labute approximate surface area is 163 Å². The molecule has 8 nitrogen and oxygen atoms in total. The highest BCUT2D eigenvalue weighted by atomic mass is 16.5. The Balaban J connectivity index is 1.51. The fourth-order valence-electron chi connectivity index (χ4n) is 3.13. The lowest BCUT2D eigenvalue weighted by Crippen LogP contribution is -2.35. The quantitative estimate of drug-likeness (QED) is 0.693. The predicted molar refractivity (Wildman–Crippen MR) is 103 cm³/mol. The maximum absolute atomic E-state index is 12.6. The average molecular weight is 380 g/mol. The van der Waals surface area contributed by atoms with Gasteiger partial charge in [0, 0.05) is 30.9 Å². The van der Waals surface area contributed by atoms with Crippen molar-refractivity contribution in [1.82, 2.24) is 29.6 Å². The summed E-state index contributed by atoms with van der Waals surface area (Å²) in [5, 5.41) is 4.04. The highest BCUT2D eigenvalue weighted by molar-refractivity contribution is 5.92. The summed E-state index contributed by atoms with van der Waals surface area (Å²) in [5.74, 6) is 1.75. The normalized spacial score (nSPS) is 15.0. The summed E-state index contributed by atoms with van der Waals surface area (Å²) in [4.78, 5) is 27.6. The molecule has 3 aromatic heterocycles. The molecular formula is C20H24N6O2. The number of nitrogens with zero attached hydrogens (tertiary/aromatic N) is 6. The monoisotopic (exact) mass is 380 g/mol. The van der Waals surface area contributed by atoms with E-state index in [0.29, 0.717) is 23.2 Å². The van der Waals surface area contributed by atoms with Gasteiger partial charge in [0.15, 0.2) is 5.82 Å². The molecule has 0 bridgehead atoms. The molecule has 1 aliphatic rings. The fraction of sp³-hybridized carbons (Fsp3) is 0.450. The molecule has 0 saturated carbocycles. The topological polar surface area (TPSA) is 89.9 Å². The van der Waals surface area contributed by atoms with Gasteiger partial charge >= 0.3 is 0 Å². The second-order valence-corrected chi connectivity index (χ2v) is 8.10. The number of likely N-dealkylation sites (tertiary alicyclic amines) is 1. The summed E-state index contributed by atoms with van der Waals surface area (Å²) in [5.41, 5.74) is 1.01. The minimum atomic E-state index is -0.177. The van der Waals surface area contributed by atoms with Crippen molar-refractivity contribution in [1.29, 1.82) is 0 Å². The number of hydrogen-bond donors (Lipinski definition) is 0. The van der Waals surface area contributed by atoms with Gasteiger partial charge in [-0.2, -0.15) is 4.98 Å². The van der Waals surface area contributed by atoms with E-state index < -0.39 is 0 Å². The van der Waals surface area contributed by atoms with Gasteiger partial charge in [-0.25, -0.2) is 9.97 Å². The number of carbonyl (C=O) groups is 1. The summed E-state index contributed by atoms with van der Waals surface area (Å²) in [6, 6.07) is 3.71. The van der Waals surface area contributed by atoms with E-state index in [1.807, 2.05) is 37.8 Å². The van der Waals surface area contributed by atoms with Crippen molar-refractivity contribution in [3.63, 3.8) is 0 Å². The van der Waals surface area contributed by atoms with Gasteiger partial charge in [0.1, 0.15) is 17.8 Å². The zero-order valence-corrected chi connectivity index (χ0v) is 16.4. The smallest absolute Gasteiger partial charge is 0.274 e. The van der Waals surface area contributed by atoms with E-state index in [1.54, 1.807) is 23.3 Å². The van der Waals surface area contributed by atoms with Gasteiger partial charge in [0.25, 0.3) is 11.8 Å². The average Bonchev–Trinajstić information content (AvgIpc) is 3.38. The van der Waals surface area contributed by atoms with Crippen LogP contribution in [0.4, 0.5) is 0 Å². The van der Waals surface area contributed by atoms with Crippen molar-refractivity contribution in [3.05, 3.63) is 42.4 Å². The standard InChI is InChI=1S/C20H24N6O2/c1-20(2,3)19-23-17(28-24-19)14-7-8-16(21-11-14)26-12-15(22-13-26)18(27)25-9-5-4-6-10-25/h7-8,11-13H,4-6,9-10H2,1-3H3. The fourth-order valence-corrected chi connectivity index (χ4v) is 3.13. The molecule has 0 spiro atoms. The molecule has 8 heteroatoms. The Morgan fingerprint density at radius 1 is 1.11 bits per heavy atom. The lowest BCUT2D eigenvalue weighted by Gasteiger charge is -2.25. The van der Waals surface area contributed by atoms with Crippen LogP contribution in [0.25, 0.3) is 17.3 Å². The Hall–Kier alpha value is -3.03. The predicted octanol–water partition coefficient (Wildman–Crippen LogP) is 3.24. The van der Waals surface area contributed by atoms with Crippen molar-refractivity contribution >= 4 is 5.91 Å². The van der Waals surface area contributed by atoms with E-state index in [2.05, 4.69) is 20.1 Å². The molecule has 1 amide bonds. The number of rotatable bonds is 3. The number of hydrogen-bond acceptors (Lipinski definition) is 6. The van der Waals surface area contributed by atoms with Gasteiger partial charge in [0.2, 0.25) is 0 Å². The lowest BCUT2D eigenvalue weighted by molar-refractivity contribution is 0.0719. The van der Waals surface area contributed by atoms with E-state index in [-0.39, 0.29) is 11.3 Å². The van der Waals surface area contributed by atoms with Gasteiger partial charge in [-0.3, -0.25) is 9.36 Å². The molecule has 0 radical (unpaired) electrons. The van der Waals surface area contributed by atoms with E-state index >= 15 is 0 Å². The molecule has 4 heterocycles. The van der Waals surface area contributed by atoms with E-state index in [0.717, 1.165) is 31.5 Å². The van der Waals surface area contributed by atoms with Crippen LogP contribution in [-0.4, -0.2) is 48.6 Å². The van der Waals surface area contributed by atoms with Crippen molar-refractivity contribution in [3.8, 4) is 17.3 Å². The summed E-state index contributed by atoms with van der Waals surface area (Å²) in [7, 11) is 0. The van der Waals surface area contributed by atoms with Crippen LogP contribution in [0.5, 0.6) is 0 Å². The third-order valence-electron chi connectivity index (χ3n) is 4.80. The number of pyridine rings is 1. The minimum Gasteiger partial charge on any atom is -0.337 e. The molecule has 146 valence electrons. The van der Waals surface area contributed by atoms with Crippen LogP contribution in [0.1, 0.15) is 56.3 Å². The van der Waals surface area contributed by atoms with Gasteiger partial charge in [0.05, 0.1) is 5.56 Å². The van der Waals surface area contributed by atoms with E-state index in [4.69, 9.17) is 4.52 Å². The number of piperidine rings is 1. The number of imidazole rings is 1. The van der Waals surface area contributed by atoms with Gasteiger partial charge < -0.3 is 9.42 Å². The van der Waals surface area contributed by atoms with Crippen molar-refractivity contribution < 1.29 is 9.32 Å². The van der Waals surface area contributed by atoms with Gasteiger partial charge in [-0.05, 0) is 31.4 Å². The zero-order chi connectivity index (χ0) is 19.7. The van der Waals surface area contributed by atoms with Crippen LogP contribution in [-0.2, 0) is 5.41 Å². The molecule has 0 unspecified atom stereocenters. The molecule has 4 rings (SSSR count). The highest BCUT2D eigenvalue weighted by Gasteiger charge is 2.22. The zero-order valence-electron chi connectivity index (χ0n) is 16.4. The second-order valence-electron chi connectivity index (χ2n) is 8.10. The summed E-state index contributed by atoms with van der Waals surface area (Å²) < 4.78 is 7.10. The van der Waals surface area contributed by atoms with Crippen molar-refractivity contribution in [2.24, 2.45) is 0 Å². The molecule has 0 aliphatic carbocycles. The molecule has 1 aliphatic heterocycles. The minimum absolute atomic E-state index is 0.0179. The lowest BCUT2D eigenvalue weighted by atomic mass is 9.96. The van der Waals surface area contributed by atoms with Gasteiger partial charge in [-0.1, -0.05) is 25.9 Å². The number of aromatic nitrogens is 5. The highest BCUT2D eigenvalue weighted by Crippen LogP contribution is 2.23. The van der Waals surface area contributed by atoms with Crippen molar-refractivity contribution in [2.45, 2.75) is 45.4 Å². The Bertz CT molecular complexity index is 961. The van der Waals surface area contributed by atoms with Crippen LogP contribution in [0.2, 0.25) is 0 Å². The van der Waals surface area contributed by atoms with Crippen LogP contribution in [0, 0.1) is 0 Å². The second kappa shape index (κ2) is 7.18. The Morgan fingerprint density at radius 3 is 2.54 bits per heavy atom. The first kappa shape index (κ1) is 18.3. The van der Waals surface area contributed by atoms with Crippen LogP contribution in [0.3, 0.4) is 0 Å². The first-order valence-corrected chi connectivity index (χ1v) is 9.56. The Morgan fingerprint density at radius 2 is 1.89 bits per heavy atom. The molecule has 1 saturated heterocycles. The summed E-state index contributed by atoms with van der Waals surface area (Å²) in [6.07, 6.45) is 8.32. The number of amides is 1. The van der Waals surface area contributed by atoms with Crippen LogP contribution < -0.4 is 0 Å². The molecule has 28 heavy (non-hydrogen) atoms. The maximum Gasteiger partial charge on any atom is 0.274 e. The Kier molecular flexibility index (Phi) is 4.70. The molecule has 0 atom stereocenters. The molecule has 3 aromatic rings. The molecular weight excluding hydrogens is 356 g/mol. The molecule has 0 N–H and O–H groups in total. The van der Waals surface area contributed by atoms with Crippen molar-refractivity contribution in [2.75, 3.05) is 13.1 Å². The van der Waals surface area contributed by atoms with E-state index in [9.17, 15) is 4.79 Å². The van der Waals surface area contributed by atoms with E-state index in [1.165, 1.54) is 6.42 Å².